The molecule has 1 aromatic heterocycles. The fourth-order valence-electron chi connectivity index (χ4n) is 1.78. The van der Waals surface area contributed by atoms with Gasteiger partial charge < -0.3 is 5.73 Å². The maximum absolute atomic E-state index is 6.13. The minimum Gasteiger partial charge on any atom is -0.399 e. The van der Waals surface area contributed by atoms with Gasteiger partial charge >= 0.3 is 0 Å². The molecule has 1 saturated carbocycles. The fraction of sp³-hybridized carbons (Fsp3) is 0.250. The van der Waals surface area contributed by atoms with Crippen molar-refractivity contribution in [3.05, 3.63) is 41.2 Å². The summed E-state index contributed by atoms with van der Waals surface area (Å²) in [7, 11) is 0. The number of nitrogen functional groups attached to an aromatic ring is 1. The molecule has 0 aliphatic heterocycles. The van der Waals surface area contributed by atoms with Gasteiger partial charge in [0.05, 0.1) is 16.4 Å². The number of benzene rings is 1. The molecular formula is C12H12ClN3. The molecule has 0 radical (unpaired) electrons. The van der Waals surface area contributed by atoms with Crippen molar-refractivity contribution in [1.82, 2.24) is 9.78 Å². The zero-order valence-corrected chi connectivity index (χ0v) is 9.48. The summed E-state index contributed by atoms with van der Waals surface area (Å²) in [6.45, 7) is 0. The molecule has 1 aliphatic rings. The van der Waals surface area contributed by atoms with E-state index in [-0.39, 0.29) is 0 Å². The summed E-state index contributed by atoms with van der Waals surface area (Å²) in [6, 6.07) is 7.53. The van der Waals surface area contributed by atoms with Crippen LogP contribution in [0.4, 0.5) is 5.69 Å². The molecule has 0 unspecified atom stereocenters. The molecular weight excluding hydrogens is 222 g/mol. The maximum Gasteiger partial charge on any atom is 0.0833 e. The summed E-state index contributed by atoms with van der Waals surface area (Å²) >= 11 is 6.13. The number of anilines is 1. The summed E-state index contributed by atoms with van der Waals surface area (Å²) in [4.78, 5) is 0. The third-order valence-corrected chi connectivity index (χ3v) is 3.13. The third-order valence-electron chi connectivity index (χ3n) is 2.82. The highest BCUT2D eigenvalue weighted by Crippen LogP contribution is 2.39. The van der Waals surface area contributed by atoms with Crippen LogP contribution in [0.3, 0.4) is 0 Å². The lowest BCUT2D eigenvalue weighted by Crippen LogP contribution is -1.97. The van der Waals surface area contributed by atoms with Crippen LogP contribution in [0.2, 0.25) is 5.02 Å². The van der Waals surface area contributed by atoms with E-state index >= 15 is 0 Å². The molecule has 1 fully saturated rings. The molecule has 4 heteroatoms. The van der Waals surface area contributed by atoms with Crippen LogP contribution in [-0.2, 0) is 0 Å². The van der Waals surface area contributed by atoms with Crippen molar-refractivity contribution in [2.24, 2.45) is 0 Å². The van der Waals surface area contributed by atoms with E-state index in [1.54, 1.807) is 6.07 Å². The van der Waals surface area contributed by atoms with E-state index in [9.17, 15) is 0 Å². The molecule has 1 aromatic carbocycles. The zero-order chi connectivity index (χ0) is 11.1. The minimum absolute atomic E-state index is 0.630. The van der Waals surface area contributed by atoms with Crippen LogP contribution in [-0.4, -0.2) is 9.78 Å². The quantitative estimate of drug-likeness (QED) is 0.811. The normalized spacial score (nSPS) is 15.3. The molecule has 16 heavy (non-hydrogen) atoms. The summed E-state index contributed by atoms with van der Waals surface area (Å²) in [5, 5.41) is 5.15. The topological polar surface area (TPSA) is 43.8 Å². The summed E-state index contributed by atoms with van der Waals surface area (Å²) in [6.07, 6.45) is 4.46. The van der Waals surface area contributed by atoms with Gasteiger partial charge in [-0.15, -0.1) is 0 Å². The standard InChI is InChI=1S/C12H12ClN3/c13-10-7-9(14)3-4-12(10)16-6-5-11(15-16)8-1-2-8/h3-8H,1-2,14H2. The predicted molar refractivity (Wildman–Crippen MR) is 65.0 cm³/mol. The lowest BCUT2D eigenvalue weighted by Gasteiger charge is -2.04. The largest absolute Gasteiger partial charge is 0.399 e. The molecule has 2 N–H and O–H groups in total. The van der Waals surface area contributed by atoms with E-state index in [1.165, 1.54) is 12.8 Å². The number of aromatic nitrogens is 2. The van der Waals surface area contributed by atoms with Gasteiger partial charge in [-0.3, -0.25) is 0 Å². The third kappa shape index (κ3) is 1.67. The van der Waals surface area contributed by atoms with Crippen molar-refractivity contribution in [2.75, 3.05) is 5.73 Å². The predicted octanol–water partition coefficient (Wildman–Crippen LogP) is 2.99. The number of hydrogen-bond donors (Lipinski definition) is 1. The first-order valence-corrected chi connectivity index (χ1v) is 5.73. The van der Waals surface area contributed by atoms with Crippen molar-refractivity contribution >= 4 is 17.3 Å². The average molecular weight is 234 g/mol. The van der Waals surface area contributed by atoms with E-state index in [4.69, 9.17) is 17.3 Å². The Morgan fingerprint density at radius 2 is 2.12 bits per heavy atom. The first-order chi connectivity index (χ1) is 7.74. The van der Waals surface area contributed by atoms with Gasteiger partial charge in [0.1, 0.15) is 0 Å². The molecule has 0 atom stereocenters. The van der Waals surface area contributed by atoms with Crippen molar-refractivity contribution in [1.29, 1.82) is 0 Å². The Hall–Kier alpha value is -1.48. The van der Waals surface area contributed by atoms with Crippen LogP contribution in [0.5, 0.6) is 0 Å². The van der Waals surface area contributed by atoms with Gasteiger partial charge in [0.25, 0.3) is 0 Å². The van der Waals surface area contributed by atoms with Gasteiger partial charge in [-0.1, -0.05) is 11.6 Å². The second kappa shape index (κ2) is 3.52. The summed E-state index contributed by atoms with van der Waals surface area (Å²) < 4.78 is 1.81. The lowest BCUT2D eigenvalue weighted by molar-refractivity contribution is 0.838. The second-order valence-corrected chi connectivity index (χ2v) is 4.58. The van der Waals surface area contributed by atoms with Crippen molar-refractivity contribution in [2.45, 2.75) is 18.8 Å². The van der Waals surface area contributed by atoms with Crippen LogP contribution in [0, 0.1) is 0 Å². The Labute approximate surface area is 98.8 Å². The van der Waals surface area contributed by atoms with Crippen LogP contribution in [0.1, 0.15) is 24.5 Å². The summed E-state index contributed by atoms with van der Waals surface area (Å²) in [5.74, 6) is 0.661. The Bertz CT molecular complexity index is 529. The first kappa shape index (κ1) is 9.73. The SMILES string of the molecule is Nc1ccc(-n2ccc(C3CC3)n2)c(Cl)c1. The number of halogens is 1. The highest BCUT2D eigenvalue weighted by atomic mass is 35.5. The molecule has 2 aromatic rings. The first-order valence-electron chi connectivity index (χ1n) is 5.35. The molecule has 1 heterocycles. The van der Waals surface area contributed by atoms with Crippen molar-refractivity contribution in [3.63, 3.8) is 0 Å². The van der Waals surface area contributed by atoms with Gasteiger partial charge in [0, 0.05) is 17.8 Å². The van der Waals surface area contributed by atoms with E-state index in [0.29, 0.717) is 16.6 Å². The van der Waals surface area contributed by atoms with E-state index in [2.05, 4.69) is 11.2 Å². The highest BCUT2D eigenvalue weighted by Gasteiger charge is 2.25. The average Bonchev–Trinajstić information content (AvgIpc) is 2.98. The van der Waals surface area contributed by atoms with Crippen LogP contribution in [0.25, 0.3) is 5.69 Å². The molecule has 0 spiro atoms. The number of rotatable bonds is 2. The monoisotopic (exact) mass is 233 g/mol. The molecule has 1 aliphatic carbocycles. The maximum atomic E-state index is 6.13. The molecule has 0 amide bonds. The van der Waals surface area contributed by atoms with Crippen molar-refractivity contribution in [3.8, 4) is 5.69 Å². The van der Waals surface area contributed by atoms with Gasteiger partial charge in [0.15, 0.2) is 0 Å². The van der Waals surface area contributed by atoms with Gasteiger partial charge in [-0.2, -0.15) is 5.10 Å². The Morgan fingerprint density at radius 1 is 1.31 bits per heavy atom. The number of hydrogen-bond acceptors (Lipinski definition) is 2. The van der Waals surface area contributed by atoms with Crippen LogP contribution in [0.15, 0.2) is 30.5 Å². The summed E-state index contributed by atoms with van der Waals surface area (Å²) in [5.41, 5.74) is 8.36. The Kier molecular flexibility index (Phi) is 2.14. The Morgan fingerprint density at radius 3 is 2.81 bits per heavy atom. The lowest BCUT2D eigenvalue weighted by atomic mass is 10.3. The van der Waals surface area contributed by atoms with Crippen LogP contribution < -0.4 is 5.73 Å². The highest BCUT2D eigenvalue weighted by molar-refractivity contribution is 6.32. The van der Waals surface area contributed by atoms with Gasteiger partial charge in [0.2, 0.25) is 0 Å². The molecule has 0 bridgehead atoms. The molecule has 3 nitrogen and oxygen atoms in total. The Balaban J connectivity index is 2.00. The van der Waals surface area contributed by atoms with E-state index < -0.39 is 0 Å². The van der Waals surface area contributed by atoms with Gasteiger partial charge in [-0.25, -0.2) is 4.68 Å². The second-order valence-electron chi connectivity index (χ2n) is 4.17. The van der Waals surface area contributed by atoms with E-state index in [0.717, 1.165) is 11.4 Å². The zero-order valence-electron chi connectivity index (χ0n) is 8.73. The fourth-order valence-corrected chi connectivity index (χ4v) is 2.05. The molecule has 0 saturated heterocycles. The minimum atomic E-state index is 0.630. The van der Waals surface area contributed by atoms with Crippen LogP contribution >= 0.6 is 11.6 Å². The smallest absolute Gasteiger partial charge is 0.0833 e. The van der Waals surface area contributed by atoms with Gasteiger partial charge in [-0.05, 0) is 37.1 Å². The van der Waals surface area contributed by atoms with E-state index in [1.807, 2.05) is 23.0 Å². The molecule has 3 rings (SSSR count). The number of nitrogens with zero attached hydrogens (tertiary/aromatic N) is 2. The van der Waals surface area contributed by atoms with Crippen molar-refractivity contribution < 1.29 is 0 Å². The molecule has 82 valence electrons. The number of nitrogens with two attached hydrogens (primary N) is 1.